The fourth-order valence-corrected chi connectivity index (χ4v) is 2.62. The van der Waals surface area contributed by atoms with Gasteiger partial charge in [0.1, 0.15) is 11.5 Å². The maximum absolute atomic E-state index is 12.9. The number of carbonyl (C=O) groups excluding carboxylic acids is 1. The van der Waals surface area contributed by atoms with Gasteiger partial charge in [-0.3, -0.25) is 4.79 Å². The fourth-order valence-electron chi connectivity index (χ4n) is 2.62. The van der Waals surface area contributed by atoms with Crippen LogP contribution in [0.15, 0.2) is 51.7 Å². The SMILES string of the molecule is Cc1cccnc1NC(=O)c1cc(-c2ccco2)nc2onc(C)c12. The quantitative estimate of drug-likeness (QED) is 0.613. The zero-order valence-corrected chi connectivity index (χ0v) is 13.6. The molecule has 0 bridgehead atoms. The van der Waals surface area contributed by atoms with Crippen molar-refractivity contribution in [3.8, 4) is 11.5 Å². The van der Waals surface area contributed by atoms with Crippen LogP contribution in [-0.4, -0.2) is 21.0 Å². The Morgan fingerprint density at radius 2 is 2.08 bits per heavy atom. The van der Waals surface area contributed by atoms with Crippen LogP contribution in [0.1, 0.15) is 21.6 Å². The molecule has 25 heavy (non-hydrogen) atoms. The molecular weight excluding hydrogens is 320 g/mol. The first-order valence-electron chi connectivity index (χ1n) is 7.67. The number of pyridine rings is 2. The summed E-state index contributed by atoms with van der Waals surface area (Å²) in [7, 11) is 0. The Balaban J connectivity index is 1.83. The lowest BCUT2D eigenvalue weighted by molar-refractivity contribution is 0.102. The number of hydrogen-bond donors (Lipinski definition) is 1. The summed E-state index contributed by atoms with van der Waals surface area (Å²) in [5, 5.41) is 7.32. The lowest BCUT2D eigenvalue weighted by Gasteiger charge is -2.08. The van der Waals surface area contributed by atoms with Crippen molar-refractivity contribution >= 4 is 22.8 Å². The summed E-state index contributed by atoms with van der Waals surface area (Å²) in [5.74, 6) is 0.735. The van der Waals surface area contributed by atoms with Crippen LogP contribution in [0.25, 0.3) is 22.6 Å². The van der Waals surface area contributed by atoms with Crippen LogP contribution in [0.4, 0.5) is 5.82 Å². The zero-order chi connectivity index (χ0) is 17.4. The van der Waals surface area contributed by atoms with Crippen molar-refractivity contribution in [2.75, 3.05) is 5.32 Å². The van der Waals surface area contributed by atoms with Gasteiger partial charge in [0.15, 0.2) is 5.76 Å². The molecule has 0 aliphatic heterocycles. The largest absolute Gasteiger partial charge is 0.463 e. The maximum atomic E-state index is 12.9. The van der Waals surface area contributed by atoms with Crippen LogP contribution in [0.2, 0.25) is 0 Å². The molecule has 0 aromatic carbocycles. The molecule has 4 rings (SSSR count). The van der Waals surface area contributed by atoms with Crippen molar-refractivity contribution in [1.29, 1.82) is 0 Å². The molecule has 1 amide bonds. The first kappa shape index (κ1) is 15.1. The predicted molar refractivity (Wildman–Crippen MR) is 91.2 cm³/mol. The highest BCUT2D eigenvalue weighted by Crippen LogP contribution is 2.28. The molecule has 4 heterocycles. The van der Waals surface area contributed by atoms with E-state index in [0.29, 0.717) is 33.9 Å². The van der Waals surface area contributed by atoms with Gasteiger partial charge in [0, 0.05) is 6.20 Å². The molecule has 4 aromatic heterocycles. The highest BCUT2D eigenvalue weighted by Gasteiger charge is 2.20. The second-order valence-electron chi connectivity index (χ2n) is 5.60. The molecule has 0 fully saturated rings. The van der Waals surface area contributed by atoms with Crippen LogP contribution in [-0.2, 0) is 0 Å². The summed E-state index contributed by atoms with van der Waals surface area (Å²) in [6.45, 7) is 3.65. The van der Waals surface area contributed by atoms with Crippen molar-refractivity contribution in [1.82, 2.24) is 15.1 Å². The summed E-state index contributed by atoms with van der Waals surface area (Å²) in [6.07, 6.45) is 3.17. The van der Waals surface area contributed by atoms with E-state index < -0.39 is 0 Å². The van der Waals surface area contributed by atoms with Crippen LogP contribution in [0.3, 0.4) is 0 Å². The number of amides is 1. The summed E-state index contributed by atoms with van der Waals surface area (Å²) in [4.78, 5) is 21.5. The number of hydrogen-bond acceptors (Lipinski definition) is 6. The molecule has 1 N–H and O–H groups in total. The van der Waals surface area contributed by atoms with Gasteiger partial charge in [0.05, 0.1) is 22.9 Å². The van der Waals surface area contributed by atoms with Gasteiger partial charge in [0.2, 0.25) is 0 Å². The van der Waals surface area contributed by atoms with E-state index in [9.17, 15) is 4.79 Å². The third kappa shape index (κ3) is 2.65. The minimum atomic E-state index is -0.312. The molecule has 0 radical (unpaired) electrons. The fraction of sp³-hybridized carbons (Fsp3) is 0.111. The van der Waals surface area contributed by atoms with Gasteiger partial charge in [0.25, 0.3) is 11.6 Å². The average Bonchev–Trinajstić information content (AvgIpc) is 3.26. The lowest BCUT2D eigenvalue weighted by atomic mass is 10.1. The van der Waals surface area contributed by atoms with Gasteiger partial charge < -0.3 is 14.3 Å². The molecule has 0 saturated carbocycles. The minimum Gasteiger partial charge on any atom is -0.463 e. The minimum absolute atomic E-state index is 0.286. The molecule has 0 unspecified atom stereocenters. The van der Waals surface area contributed by atoms with Crippen molar-refractivity contribution in [3.05, 3.63) is 59.6 Å². The number of rotatable bonds is 3. The Morgan fingerprint density at radius 3 is 2.84 bits per heavy atom. The molecule has 4 aromatic rings. The monoisotopic (exact) mass is 334 g/mol. The van der Waals surface area contributed by atoms with Gasteiger partial charge in [-0.15, -0.1) is 0 Å². The second-order valence-corrected chi connectivity index (χ2v) is 5.60. The number of fused-ring (bicyclic) bond motifs is 1. The Bertz CT molecular complexity index is 1070. The van der Waals surface area contributed by atoms with Crippen LogP contribution < -0.4 is 5.32 Å². The molecular formula is C18H14N4O3. The molecule has 0 atom stereocenters. The van der Waals surface area contributed by atoms with Gasteiger partial charge in [-0.1, -0.05) is 11.2 Å². The van der Waals surface area contributed by atoms with Gasteiger partial charge >= 0.3 is 0 Å². The van der Waals surface area contributed by atoms with Crippen LogP contribution in [0, 0.1) is 13.8 Å². The highest BCUT2D eigenvalue weighted by atomic mass is 16.5. The van der Waals surface area contributed by atoms with E-state index in [-0.39, 0.29) is 11.6 Å². The van der Waals surface area contributed by atoms with Crippen molar-refractivity contribution in [2.45, 2.75) is 13.8 Å². The Hall–Kier alpha value is -3.48. The van der Waals surface area contributed by atoms with Crippen molar-refractivity contribution in [2.24, 2.45) is 0 Å². The highest BCUT2D eigenvalue weighted by molar-refractivity contribution is 6.12. The van der Waals surface area contributed by atoms with E-state index in [2.05, 4.69) is 20.4 Å². The van der Waals surface area contributed by atoms with E-state index >= 15 is 0 Å². The van der Waals surface area contributed by atoms with Crippen LogP contribution >= 0.6 is 0 Å². The molecule has 7 nitrogen and oxygen atoms in total. The summed E-state index contributed by atoms with van der Waals surface area (Å²) in [5.41, 5.74) is 2.65. The zero-order valence-electron chi connectivity index (χ0n) is 13.6. The van der Waals surface area contributed by atoms with Crippen LogP contribution in [0.5, 0.6) is 0 Å². The number of carbonyl (C=O) groups is 1. The normalized spacial score (nSPS) is 11.0. The first-order valence-corrected chi connectivity index (χ1v) is 7.67. The lowest BCUT2D eigenvalue weighted by Crippen LogP contribution is -2.15. The molecule has 124 valence electrons. The van der Waals surface area contributed by atoms with Gasteiger partial charge in [-0.05, 0) is 43.7 Å². The molecule has 0 spiro atoms. The van der Waals surface area contributed by atoms with E-state index in [1.165, 1.54) is 0 Å². The third-order valence-electron chi connectivity index (χ3n) is 3.88. The second kappa shape index (κ2) is 5.86. The smallest absolute Gasteiger partial charge is 0.259 e. The maximum Gasteiger partial charge on any atom is 0.259 e. The van der Waals surface area contributed by atoms with Crippen molar-refractivity contribution in [3.63, 3.8) is 0 Å². The number of furan rings is 1. The summed E-state index contributed by atoms with van der Waals surface area (Å²) in [6, 6.07) is 8.88. The van der Waals surface area contributed by atoms with E-state index in [0.717, 1.165) is 5.56 Å². The Morgan fingerprint density at radius 1 is 1.20 bits per heavy atom. The first-order chi connectivity index (χ1) is 12.1. The Kier molecular flexibility index (Phi) is 3.53. The molecule has 7 heteroatoms. The number of nitrogens with zero attached hydrogens (tertiary/aromatic N) is 3. The van der Waals surface area contributed by atoms with E-state index in [1.807, 2.05) is 19.1 Å². The standard InChI is InChI=1S/C18H14N4O3/c1-10-5-3-7-19-16(10)21-17(23)12-9-13(14-6-4-8-24-14)20-18-15(12)11(2)22-25-18/h3-9H,1-2H3,(H,19,21,23). The molecule has 0 aliphatic rings. The van der Waals surface area contributed by atoms with Gasteiger partial charge in [-0.2, -0.15) is 0 Å². The number of aryl methyl sites for hydroxylation is 2. The number of aromatic nitrogens is 3. The topological polar surface area (TPSA) is 94.1 Å². The average molecular weight is 334 g/mol. The number of anilines is 1. The molecule has 0 saturated heterocycles. The predicted octanol–water partition coefficient (Wildman–Crippen LogP) is 3.75. The molecule has 0 aliphatic carbocycles. The summed E-state index contributed by atoms with van der Waals surface area (Å²) >= 11 is 0. The van der Waals surface area contributed by atoms with E-state index in [1.54, 1.807) is 37.6 Å². The summed E-state index contributed by atoms with van der Waals surface area (Å²) < 4.78 is 10.6. The van der Waals surface area contributed by atoms with Crippen molar-refractivity contribution < 1.29 is 13.7 Å². The van der Waals surface area contributed by atoms with E-state index in [4.69, 9.17) is 8.94 Å². The van der Waals surface area contributed by atoms with Gasteiger partial charge in [-0.25, -0.2) is 9.97 Å². The Labute approximate surface area is 142 Å². The number of nitrogens with one attached hydrogen (secondary N) is 1. The third-order valence-corrected chi connectivity index (χ3v) is 3.88.